The fraction of sp³-hybridized carbons (Fsp3) is 0.318. The van der Waals surface area contributed by atoms with E-state index in [1.165, 1.54) is 37.7 Å². The van der Waals surface area contributed by atoms with Crippen LogP contribution in [-0.2, 0) is 30.7 Å². The summed E-state index contributed by atoms with van der Waals surface area (Å²) in [7, 11) is -0.910. The van der Waals surface area contributed by atoms with Crippen LogP contribution in [0.3, 0.4) is 0 Å². The van der Waals surface area contributed by atoms with Gasteiger partial charge in [0.25, 0.3) is 0 Å². The molecule has 0 bridgehead atoms. The molecule has 0 aliphatic carbocycles. The van der Waals surface area contributed by atoms with Crippen LogP contribution >= 0.6 is 11.3 Å². The Balaban J connectivity index is 1.87. The number of hydrogen-bond acceptors (Lipinski definition) is 8. The molecule has 3 aromatic rings. The average molecular weight is 493 g/mol. The molecule has 0 aliphatic rings. The molecule has 33 heavy (non-hydrogen) atoms. The Morgan fingerprint density at radius 3 is 2.39 bits per heavy atom. The van der Waals surface area contributed by atoms with Gasteiger partial charge in [0.2, 0.25) is 5.91 Å². The molecule has 0 radical (unpaired) electrons. The summed E-state index contributed by atoms with van der Waals surface area (Å²) in [6, 6.07) is 11.3. The Labute approximate surface area is 195 Å². The van der Waals surface area contributed by atoms with E-state index in [0.29, 0.717) is 23.6 Å². The Morgan fingerprint density at radius 2 is 1.76 bits per heavy atom. The van der Waals surface area contributed by atoms with Gasteiger partial charge in [-0.15, -0.1) is 0 Å². The Hall–Kier alpha value is -3.18. The molecule has 1 aromatic heterocycles. The lowest BCUT2D eigenvalue weighted by Gasteiger charge is -2.06. The molecule has 1 amide bonds. The van der Waals surface area contributed by atoms with Crippen molar-refractivity contribution in [2.45, 2.75) is 24.8 Å². The molecule has 0 aliphatic heterocycles. The maximum Gasteiger partial charge on any atom is 0.325 e. The highest BCUT2D eigenvalue weighted by Gasteiger charge is 2.17. The summed E-state index contributed by atoms with van der Waals surface area (Å²) in [4.78, 5) is 28.9. The SMILES string of the molecule is CCOc1ccc2c(c1)sc(=NC(=O)CCS(=O)(=O)c1ccc(OC)cc1)n2CC(=O)OC. The first-order chi connectivity index (χ1) is 15.8. The van der Waals surface area contributed by atoms with Crippen LogP contribution in [0, 0.1) is 0 Å². The number of benzene rings is 2. The van der Waals surface area contributed by atoms with Gasteiger partial charge in [0.15, 0.2) is 14.6 Å². The van der Waals surface area contributed by atoms with Crippen LogP contribution in [0.2, 0.25) is 0 Å². The number of amides is 1. The minimum absolute atomic E-state index is 0.0992. The van der Waals surface area contributed by atoms with Crippen molar-refractivity contribution in [1.29, 1.82) is 0 Å². The third kappa shape index (κ3) is 5.99. The standard InChI is InChI=1S/C22H24N2O7S2/c1-4-31-16-7-10-18-19(13-16)32-22(24(18)14-21(26)30-3)23-20(25)11-12-33(27,28)17-8-5-15(29-2)6-9-17/h5-10,13H,4,11-12,14H2,1-3H3. The Morgan fingerprint density at radius 1 is 1.06 bits per heavy atom. The number of ether oxygens (including phenoxy) is 3. The molecule has 176 valence electrons. The fourth-order valence-electron chi connectivity index (χ4n) is 3.03. The predicted octanol–water partition coefficient (Wildman–Crippen LogP) is 2.57. The molecule has 0 spiro atoms. The van der Waals surface area contributed by atoms with Crippen LogP contribution in [0.4, 0.5) is 0 Å². The Kier molecular flexibility index (Phi) is 7.88. The summed E-state index contributed by atoms with van der Waals surface area (Å²) >= 11 is 1.20. The fourth-order valence-corrected chi connectivity index (χ4v) is 5.33. The van der Waals surface area contributed by atoms with Gasteiger partial charge in [0.1, 0.15) is 18.0 Å². The van der Waals surface area contributed by atoms with Gasteiger partial charge in [0.05, 0.1) is 41.7 Å². The molecule has 2 aromatic carbocycles. The number of hydrogen-bond donors (Lipinski definition) is 0. The average Bonchev–Trinajstić information content (AvgIpc) is 3.13. The van der Waals surface area contributed by atoms with E-state index in [1.807, 2.05) is 6.92 Å². The van der Waals surface area contributed by atoms with Crippen LogP contribution in [0.15, 0.2) is 52.4 Å². The zero-order chi connectivity index (χ0) is 24.0. The van der Waals surface area contributed by atoms with Crippen molar-refractivity contribution >= 4 is 43.3 Å². The van der Waals surface area contributed by atoms with Gasteiger partial charge in [-0.3, -0.25) is 9.59 Å². The van der Waals surface area contributed by atoms with Gasteiger partial charge in [0, 0.05) is 6.42 Å². The van der Waals surface area contributed by atoms with Gasteiger partial charge in [-0.25, -0.2) is 8.42 Å². The summed E-state index contributed by atoms with van der Waals surface area (Å²) in [6.07, 6.45) is -0.301. The zero-order valence-electron chi connectivity index (χ0n) is 18.4. The minimum atomic E-state index is -3.67. The lowest BCUT2D eigenvalue weighted by atomic mass is 10.3. The number of methoxy groups -OCH3 is 2. The van der Waals surface area contributed by atoms with Gasteiger partial charge in [-0.05, 0) is 49.4 Å². The first kappa shape index (κ1) is 24.5. The smallest absolute Gasteiger partial charge is 0.325 e. The number of thiazole rings is 1. The van der Waals surface area contributed by atoms with Gasteiger partial charge in [-0.2, -0.15) is 4.99 Å². The van der Waals surface area contributed by atoms with Crippen molar-refractivity contribution in [3.63, 3.8) is 0 Å². The molecular formula is C22H24N2O7S2. The van der Waals surface area contributed by atoms with Crippen molar-refractivity contribution < 1.29 is 32.2 Å². The summed E-state index contributed by atoms with van der Waals surface area (Å²) in [5, 5.41) is 0. The highest BCUT2D eigenvalue weighted by Crippen LogP contribution is 2.24. The summed E-state index contributed by atoms with van der Waals surface area (Å²) in [5.41, 5.74) is 0.686. The number of rotatable bonds is 9. The number of carbonyl (C=O) groups excluding carboxylic acids is 2. The maximum absolute atomic E-state index is 12.6. The molecule has 0 saturated heterocycles. The molecule has 0 atom stereocenters. The largest absolute Gasteiger partial charge is 0.497 e. The maximum atomic E-state index is 12.6. The van der Waals surface area contributed by atoms with Crippen molar-refractivity contribution in [2.24, 2.45) is 4.99 Å². The van der Waals surface area contributed by atoms with E-state index >= 15 is 0 Å². The van der Waals surface area contributed by atoms with E-state index in [2.05, 4.69) is 4.99 Å². The van der Waals surface area contributed by atoms with E-state index in [4.69, 9.17) is 14.2 Å². The van der Waals surface area contributed by atoms with E-state index in [9.17, 15) is 18.0 Å². The number of fused-ring (bicyclic) bond motifs is 1. The van der Waals surface area contributed by atoms with Crippen molar-refractivity contribution in [2.75, 3.05) is 26.6 Å². The summed E-state index contributed by atoms with van der Waals surface area (Å²) in [6.45, 7) is 2.23. The number of nitrogens with zero attached hydrogens (tertiary/aromatic N) is 2. The van der Waals surface area contributed by atoms with Gasteiger partial charge in [-0.1, -0.05) is 11.3 Å². The second kappa shape index (κ2) is 10.6. The van der Waals surface area contributed by atoms with Crippen LogP contribution in [0.5, 0.6) is 11.5 Å². The van der Waals surface area contributed by atoms with Crippen LogP contribution < -0.4 is 14.3 Å². The van der Waals surface area contributed by atoms with E-state index in [-0.39, 0.29) is 22.7 Å². The van der Waals surface area contributed by atoms with Crippen LogP contribution in [0.1, 0.15) is 13.3 Å². The molecule has 1 heterocycles. The van der Waals surface area contributed by atoms with Crippen molar-refractivity contribution in [3.8, 4) is 11.5 Å². The molecule has 11 heteroatoms. The second-order valence-electron chi connectivity index (χ2n) is 6.86. The van der Waals surface area contributed by atoms with Crippen molar-refractivity contribution in [1.82, 2.24) is 4.57 Å². The predicted molar refractivity (Wildman–Crippen MR) is 123 cm³/mol. The lowest BCUT2D eigenvalue weighted by molar-refractivity contribution is -0.141. The molecule has 0 unspecified atom stereocenters. The second-order valence-corrected chi connectivity index (χ2v) is 9.98. The van der Waals surface area contributed by atoms with Gasteiger partial charge < -0.3 is 18.8 Å². The normalized spacial score (nSPS) is 12.0. The lowest BCUT2D eigenvalue weighted by Crippen LogP contribution is -2.22. The van der Waals surface area contributed by atoms with E-state index in [1.54, 1.807) is 34.9 Å². The molecule has 0 N–H and O–H groups in total. The number of aromatic nitrogens is 1. The molecule has 0 saturated carbocycles. The zero-order valence-corrected chi connectivity index (χ0v) is 20.1. The number of sulfone groups is 1. The Bertz CT molecular complexity index is 1320. The quantitative estimate of drug-likeness (QED) is 0.422. The highest BCUT2D eigenvalue weighted by molar-refractivity contribution is 7.91. The van der Waals surface area contributed by atoms with Crippen molar-refractivity contribution in [3.05, 3.63) is 47.3 Å². The first-order valence-electron chi connectivity index (χ1n) is 10.0. The molecule has 3 rings (SSSR count). The minimum Gasteiger partial charge on any atom is -0.497 e. The molecular weight excluding hydrogens is 468 g/mol. The number of carbonyl (C=O) groups is 2. The van der Waals surface area contributed by atoms with E-state index in [0.717, 1.165) is 4.70 Å². The van der Waals surface area contributed by atoms with Crippen LogP contribution in [0.25, 0.3) is 10.2 Å². The topological polar surface area (TPSA) is 113 Å². The third-order valence-corrected chi connectivity index (χ3v) is 7.48. The van der Waals surface area contributed by atoms with E-state index < -0.39 is 27.5 Å². The summed E-state index contributed by atoms with van der Waals surface area (Å²) < 4.78 is 42.8. The van der Waals surface area contributed by atoms with Gasteiger partial charge >= 0.3 is 5.97 Å². The molecule has 0 fully saturated rings. The third-order valence-electron chi connectivity index (χ3n) is 4.70. The monoisotopic (exact) mass is 492 g/mol. The molecule has 9 nitrogen and oxygen atoms in total. The van der Waals surface area contributed by atoms with Crippen LogP contribution in [-0.4, -0.2) is 51.4 Å². The first-order valence-corrected chi connectivity index (χ1v) is 12.5. The summed E-state index contributed by atoms with van der Waals surface area (Å²) in [5.74, 6) is -0.313. The number of esters is 1. The highest BCUT2D eigenvalue weighted by atomic mass is 32.2.